The average molecular weight is 316 g/mol. The molecule has 2 aromatic rings. The Morgan fingerprint density at radius 3 is 2.53 bits per heavy atom. The Kier molecular flexibility index (Phi) is 3.54. The number of nitrogens with one attached hydrogen (secondary N) is 1. The molecule has 0 saturated heterocycles. The molecule has 0 aliphatic carbocycles. The van der Waals surface area contributed by atoms with E-state index in [9.17, 15) is 4.39 Å². The molecule has 0 atom stereocenters. The number of hydrogen-bond acceptors (Lipinski definition) is 2. The molecule has 2 aromatic carbocycles. The molecule has 0 saturated carbocycles. The molecule has 17 heavy (non-hydrogen) atoms. The minimum Gasteiger partial charge on any atom is -0.399 e. The Morgan fingerprint density at radius 2 is 1.88 bits per heavy atom. The largest absolute Gasteiger partial charge is 0.399 e. The van der Waals surface area contributed by atoms with Gasteiger partial charge in [0.05, 0.1) is 5.02 Å². The summed E-state index contributed by atoms with van der Waals surface area (Å²) in [7, 11) is 0. The fourth-order valence-electron chi connectivity index (χ4n) is 1.43. The average Bonchev–Trinajstić information content (AvgIpc) is 2.22. The third-order valence-corrected chi connectivity index (χ3v) is 3.34. The van der Waals surface area contributed by atoms with Gasteiger partial charge in [0.2, 0.25) is 0 Å². The monoisotopic (exact) mass is 314 g/mol. The molecule has 5 heteroatoms. The predicted molar refractivity (Wildman–Crippen MR) is 73.2 cm³/mol. The molecule has 0 aromatic heterocycles. The van der Waals surface area contributed by atoms with Gasteiger partial charge in [0.1, 0.15) is 5.82 Å². The zero-order valence-electron chi connectivity index (χ0n) is 8.68. The van der Waals surface area contributed by atoms with E-state index in [4.69, 9.17) is 17.3 Å². The topological polar surface area (TPSA) is 38.0 Å². The van der Waals surface area contributed by atoms with E-state index in [0.717, 1.165) is 10.2 Å². The highest BCUT2D eigenvalue weighted by Crippen LogP contribution is 2.28. The molecule has 0 aliphatic heterocycles. The summed E-state index contributed by atoms with van der Waals surface area (Å²) in [6, 6.07) is 9.65. The molecule has 3 N–H and O–H groups in total. The third kappa shape index (κ3) is 3.11. The predicted octanol–water partition coefficient (Wildman–Crippen LogP) is 4.57. The van der Waals surface area contributed by atoms with E-state index in [1.54, 1.807) is 18.2 Å². The summed E-state index contributed by atoms with van der Waals surface area (Å²) in [5.74, 6) is -0.375. The molecule has 2 rings (SSSR count). The Hall–Kier alpha value is -1.26. The van der Waals surface area contributed by atoms with Crippen LogP contribution in [0.2, 0.25) is 5.02 Å². The van der Waals surface area contributed by atoms with Gasteiger partial charge in [-0.2, -0.15) is 0 Å². The van der Waals surface area contributed by atoms with Crippen molar-refractivity contribution in [2.24, 2.45) is 0 Å². The van der Waals surface area contributed by atoms with Crippen LogP contribution in [0.3, 0.4) is 0 Å². The molecule has 0 fully saturated rings. The number of rotatable bonds is 2. The lowest BCUT2D eigenvalue weighted by Crippen LogP contribution is -1.94. The van der Waals surface area contributed by atoms with Gasteiger partial charge in [-0.1, -0.05) is 11.6 Å². The van der Waals surface area contributed by atoms with Gasteiger partial charge in [-0.15, -0.1) is 0 Å². The van der Waals surface area contributed by atoms with Gasteiger partial charge in [0.15, 0.2) is 0 Å². The van der Waals surface area contributed by atoms with E-state index in [0.29, 0.717) is 16.4 Å². The van der Waals surface area contributed by atoms with Crippen molar-refractivity contribution >= 4 is 44.6 Å². The first-order valence-corrected chi connectivity index (χ1v) is 6.00. The van der Waals surface area contributed by atoms with Crippen molar-refractivity contribution in [2.75, 3.05) is 11.1 Å². The molecule has 0 spiro atoms. The lowest BCUT2D eigenvalue weighted by atomic mass is 10.2. The van der Waals surface area contributed by atoms with Gasteiger partial charge in [-0.3, -0.25) is 0 Å². The second-order valence-corrected chi connectivity index (χ2v) is 4.79. The molecular formula is C12H9BrClFN2. The summed E-state index contributed by atoms with van der Waals surface area (Å²) in [4.78, 5) is 0. The van der Waals surface area contributed by atoms with E-state index < -0.39 is 0 Å². The SMILES string of the molecule is Nc1cc(F)cc(Nc2ccc(Cl)c(Br)c2)c1. The highest BCUT2D eigenvalue weighted by atomic mass is 79.9. The molecule has 0 radical (unpaired) electrons. The van der Waals surface area contributed by atoms with Crippen LogP contribution in [-0.2, 0) is 0 Å². The maximum Gasteiger partial charge on any atom is 0.127 e. The Bertz CT molecular complexity index is 540. The summed E-state index contributed by atoms with van der Waals surface area (Å²) >= 11 is 9.20. The van der Waals surface area contributed by atoms with Gasteiger partial charge >= 0.3 is 0 Å². The van der Waals surface area contributed by atoms with Gasteiger partial charge in [-0.25, -0.2) is 4.39 Å². The van der Waals surface area contributed by atoms with Gasteiger partial charge < -0.3 is 11.1 Å². The van der Waals surface area contributed by atoms with Crippen LogP contribution >= 0.6 is 27.5 Å². The van der Waals surface area contributed by atoms with E-state index in [2.05, 4.69) is 21.2 Å². The molecular weight excluding hydrogens is 307 g/mol. The maximum atomic E-state index is 13.1. The van der Waals surface area contributed by atoms with Crippen molar-refractivity contribution in [3.05, 3.63) is 51.7 Å². The zero-order chi connectivity index (χ0) is 12.4. The summed E-state index contributed by atoms with van der Waals surface area (Å²) in [5, 5.41) is 3.66. The van der Waals surface area contributed by atoms with Crippen LogP contribution in [-0.4, -0.2) is 0 Å². The smallest absolute Gasteiger partial charge is 0.127 e. The van der Waals surface area contributed by atoms with Crippen LogP contribution in [0, 0.1) is 5.82 Å². The van der Waals surface area contributed by atoms with Gasteiger partial charge in [0.25, 0.3) is 0 Å². The number of nitrogen functional groups attached to an aromatic ring is 1. The number of nitrogens with two attached hydrogens (primary N) is 1. The van der Waals surface area contributed by atoms with E-state index >= 15 is 0 Å². The fourth-order valence-corrected chi connectivity index (χ4v) is 1.92. The summed E-state index contributed by atoms with van der Waals surface area (Å²) < 4.78 is 13.9. The van der Waals surface area contributed by atoms with E-state index in [1.807, 2.05) is 6.07 Å². The van der Waals surface area contributed by atoms with Crippen LogP contribution in [0.5, 0.6) is 0 Å². The molecule has 0 heterocycles. The molecule has 0 aliphatic rings. The second kappa shape index (κ2) is 4.94. The molecule has 0 amide bonds. The van der Waals surface area contributed by atoms with Crippen molar-refractivity contribution < 1.29 is 4.39 Å². The zero-order valence-corrected chi connectivity index (χ0v) is 11.0. The molecule has 2 nitrogen and oxygen atoms in total. The summed E-state index contributed by atoms with van der Waals surface area (Å²) in [6.45, 7) is 0. The Morgan fingerprint density at radius 1 is 1.12 bits per heavy atom. The number of anilines is 3. The molecule has 0 bridgehead atoms. The fraction of sp³-hybridized carbons (Fsp3) is 0. The Balaban J connectivity index is 2.28. The van der Waals surface area contributed by atoms with Crippen LogP contribution in [0.1, 0.15) is 0 Å². The number of hydrogen-bond donors (Lipinski definition) is 2. The minimum atomic E-state index is -0.375. The minimum absolute atomic E-state index is 0.375. The highest BCUT2D eigenvalue weighted by Gasteiger charge is 2.02. The van der Waals surface area contributed by atoms with E-state index in [-0.39, 0.29) is 5.82 Å². The van der Waals surface area contributed by atoms with Gasteiger partial charge in [-0.05, 0) is 52.3 Å². The first-order chi connectivity index (χ1) is 8.04. The maximum absolute atomic E-state index is 13.1. The molecule has 0 unspecified atom stereocenters. The quantitative estimate of drug-likeness (QED) is 0.797. The van der Waals surface area contributed by atoms with Crippen molar-refractivity contribution in [1.82, 2.24) is 0 Å². The second-order valence-electron chi connectivity index (χ2n) is 3.53. The lowest BCUT2D eigenvalue weighted by Gasteiger charge is -2.08. The number of halogens is 3. The van der Waals surface area contributed by atoms with Crippen LogP contribution in [0.15, 0.2) is 40.9 Å². The van der Waals surface area contributed by atoms with Gasteiger partial charge in [0, 0.05) is 21.5 Å². The first kappa shape index (κ1) is 12.2. The summed E-state index contributed by atoms with van der Waals surface area (Å²) in [5.41, 5.74) is 7.32. The summed E-state index contributed by atoms with van der Waals surface area (Å²) in [6.07, 6.45) is 0. The highest BCUT2D eigenvalue weighted by molar-refractivity contribution is 9.10. The van der Waals surface area contributed by atoms with Crippen molar-refractivity contribution in [1.29, 1.82) is 0 Å². The normalized spacial score (nSPS) is 10.3. The first-order valence-electron chi connectivity index (χ1n) is 4.83. The third-order valence-electron chi connectivity index (χ3n) is 2.13. The molecule has 88 valence electrons. The lowest BCUT2D eigenvalue weighted by molar-refractivity contribution is 0.629. The van der Waals surface area contributed by atoms with Crippen molar-refractivity contribution in [3.63, 3.8) is 0 Å². The van der Waals surface area contributed by atoms with Crippen molar-refractivity contribution in [3.8, 4) is 0 Å². The standard InChI is InChI=1S/C12H9BrClFN2/c13-11-6-9(1-2-12(11)14)17-10-4-7(15)3-8(16)5-10/h1-6,17H,16H2. The van der Waals surface area contributed by atoms with E-state index in [1.165, 1.54) is 12.1 Å². The van der Waals surface area contributed by atoms with Crippen LogP contribution in [0.4, 0.5) is 21.5 Å². The Labute approximate surface area is 112 Å². The number of benzene rings is 2. The van der Waals surface area contributed by atoms with Crippen molar-refractivity contribution in [2.45, 2.75) is 0 Å². The van der Waals surface area contributed by atoms with Crippen LogP contribution < -0.4 is 11.1 Å². The van der Waals surface area contributed by atoms with Crippen LogP contribution in [0.25, 0.3) is 0 Å².